The number of hydrogen-bond acceptors (Lipinski definition) is 11. The number of rotatable bonds is 9. The molecular formula is C25H24N8NaO7S2+. The van der Waals surface area contributed by atoms with Crippen molar-refractivity contribution < 1.29 is 58.9 Å². The molecule has 3 atom stereocenters. The zero-order valence-electron chi connectivity index (χ0n) is 23.1. The van der Waals surface area contributed by atoms with Crippen LogP contribution in [0.25, 0.3) is 0 Å². The number of β-lactam (4-membered cyclic amide) rings is 1. The number of hydrogen-bond donors (Lipinski definition) is 5. The van der Waals surface area contributed by atoms with E-state index < -0.39 is 46.6 Å². The van der Waals surface area contributed by atoms with Gasteiger partial charge in [-0.3, -0.25) is 24.1 Å². The number of phenols is 1. The van der Waals surface area contributed by atoms with Crippen LogP contribution in [0.15, 0.2) is 57.7 Å². The molecule has 3 aromatic rings. The number of pyridine rings is 1. The van der Waals surface area contributed by atoms with E-state index in [0.29, 0.717) is 16.4 Å². The summed E-state index contributed by atoms with van der Waals surface area (Å²) < 4.78 is 1.45. The van der Waals surface area contributed by atoms with Crippen LogP contribution in [-0.4, -0.2) is 86.9 Å². The number of phenolic OH excluding ortho intramolecular Hbond substituents is 1. The fraction of sp³-hybridized carbons (Fsp3) is 0.280. The standard InChI is InChI=1S/C25H24N8O7S2.Na/c1-11-7-16(35)15(8-26-11)20(36)27-17(12-3-5-14(34)6-4-12)21(37)28-18-22(38)33-19(24(39)40)13(9-41-23(18)33)10-42-25-29-30-31-32(25)2;/h3-8,17-18,23,34H,9-10H2,1-2H3,(H,26,35)(H,27,36)(H,28,37)(H,39,40);/q;+1/t17-,18-,23-;/m1./s1. The number of carboxylic acid groups (broad SMARTS) is 1. The summed E-state index contributed by atoms with van der Waals surface area (Å²) in [6.45, 7) is 1.65. The number of fused-ring (bicyclic) bond motifs is 1. The molecule has 43 heavy (non-hydrogen) atoms. The Morgan fingerprint density at radius 3 is 2.58 bits per heavy atom. The number of carbonyl (C=O) groups is 4. The van der Waals surface area contributed by atoms with Gasteiger partial charge >= 0.3 is 35.5 Å². The van der Waals surface area contributed by atoms with Gasteiger partial charge in [-0.15, -0.1) is 16.9 Å². The van der Waals surface area contributed by atoms with Crippen molar-refractivity contribution in [2.45, 2.75) is 29.5 Å². The van der Waals surface area contributed by atoms with E-state index in [1.807, 2.05) is 0 Å². The Bertz CT molecular complexity index is 1680. The second-order valence-corrected chi connectivity index (χ2v) is 11.5. The minimum atomic E-state index is -1.34. The minimum absolute atomic E-state index is 0. The van der Waals surface area contributed by atoms with Crippen molar-refractivity contribution in [2.75, 3.05) is 11.5 Å². The van der Waals surface area contributed by atoms with Crippen LogP contribution in [0, 0.1) is 6.92 Å². The van der Waals surface area contributed by atoms with E-state index in [4.69, 9.17) is 0 Å². The van der Waals surface area contributed by atoms with Crippen molar-refractivity contribution in [3.63, 3.8) is 0 Å². The molecule has 1 aromatic carbocycles. The van der Waals surface area contributed by atoms with Crippen molar-refractivity contribution >= 4 is 47.2 Å². The number of H-pyrrole nitrogens is 1. The summed E-state index contributed by atoms with van der Waals surface area (Å²) in [5, 5.41) is 35.8. The fourth-order valence-electron chi connectivity index (χ4n) is 4.45. The van der Waals surface area contributed by atoms with Crippen LogP contribution in [0.1, 0.15) is 27.7 Å². The Kier molecular flexibility index (Phi) is 10.0. The zero-order valence-corrected chi connectivity index (χ0v) is 26.7. The summed E-state index contributed by atoms with van der Waals surface area (Å²) in [5.74, 6) is -3.02. The van der Waals surface area contributed by atoms with Gasteiger partial charge in [0.15, 0.2) is 5.43 Å². The van der Waals surface area contributed by atoms with Crippen LogP contribution in [0.4, 0.5) is 0 Å². The predicted octanol–water partition coefficient (Wildman–Crippen LogP) is -3.08. The zero-order chi connectivity index (χ0) is 30.1. The number of aromatic hydroxyl groups is 1. The van der Waals surface area contributed by atoms with E-state index in [9.17, 15) is 34.2 Å². The molecule has 2 aromatic heterocycles. The van der Waals surface area contributed by atoms with Crippen LogP contribution in [0.5, 0.6) is 5.75 Å². The maximum Gasteiger partial charge on any atom is 1.00 e. The first-order chi connectivity index (χ1) is 20.0. The van der Waals surface area contributed by atoms with Gasteiger partial charge in [-0.2, -0.15) is 0 Å². The number of amides is 3. The molecule has 0 bridgehead atoms. The molecule has 218 valence electrons. The fourth-order valence-corrected chi connectivity index (χ4v) is 6.79. The van der Waals surface area contributed by atoms with E-state index in [1.165, 1.54) is 64.7 Å². The molecule has 18 heteroatoms. The largest absolute Gasteiger partial charge is 1.00 e. The molecule has 5 N–H and O–H groups in total. The topological polar surface area (TPSA) is 212 Å². The second kappa shape index (κ2) is 13.3. The van der Waals surface area contributed by atoms with Gasteiger partial charge in [-0.25, -0.2) is 9.48 Å². The second-order valence-electron chi connectivity index (χ2n) is 9.42. The number of aromatic amines is 1. The van der Waals surface area contributed by atoms with Crippen LogP contribution >= 0.6 is 23.5 Å². The van der Waals surface area contributed by atoms with Gasteiger partial charge in [0.25, 0.3) is 11.8 Å². The Hall–Kier alpha value is -3.64. The average Bonchev–Trinajstić information content (AvgIpc) is 3.37. The molecule has 0 aliphatic carbocycles. The number of aromatic nitrogens is 5. The van der Waals surface area contributed by atoms with Crippen molar-refractivity contribution in [2.24, 2.45) is 7.05 Å². The van der Waals surface area contributed by atoms with Crippen LogP contribution in [-0.2, 0) is 21.4 Å². The first kappa shape index (κ1) is 32.3. The Morgan fingerprint density at radius 2 is 1.95 bits per heavy atom. The quantitative estimate of drug-likeness (QED) is 0.0900. The number of benzene rings is 1. The SMILES string of the molecule is Cc1cc(=O)c(C(=O)N[C@@H](C(=O)N[C@@H]2C(=O)N3C(C(=O)O)=C(CSc4nnnn4C)CS[C@H]23)c2ccc(O)cc2)c[nH]1.[Na+]. The normalized spacial score (nSPS) is 18.2. The van der Waals surface area contributed by atoms with Gasteiger partial charge in [-0.05, 0) is 40.6 Å². The van der Waals surface area contributed by atoms with E-state index in [2.05, 4.69) is 31.1 Å². The summed E-state index contributed by atoms with van der Waals surface area (Å²) >= 11 is 2.52. The molecular weight excluding hydrogens is 611 g/mol. The van der Waals surface area contributed by atoms with Gasteiger partial charge in [0, 0.05) is 36.5 Å². The smallest absolute Gasteiger partial charge is 0.508 e. The van der Waals surface area contributed by atoms with Gasteiger partial charge in [0.2, 0.25) is 11.1 Å². The third-order valence-corrected chi connectivity index (χ3v) is 9.01. The molecule has 1 saturated heterocycles. The molecule has 4 heterocycles. The average molecular weight is 636 g/mol. The number of tetrazole rings is 1. The minimum Gasteiger partial charge on any atom is -0.508 e. The van der Waals surface area contributed by atoms with Crippen LogP contribution < -0.4 is 45.6 Å². The molecule has 5 rings (SSSR count). The molecule has 15 nitrogen and oxygen atoms in total. The molecule has 2 aliphatic heterocycles. The number of carbonyl (C=O) groups excluding carboxylic acids is 3. The Balaban J connectivity index is 0.00000423. The predicted molar refractivity (Wildman–Crippen MR) is 149 cm³/mol. The maximum atomic E-state index is 13.5. The molecule has 0 radical (unpaired) electrons. The molecule has 0 saturated carbocycles. The summed E-state index contributed by atoms with van der Waals surface area (Å²) in [6, 6.07) is 4.35. The molecule has 1 fully saturated rings. The van der Waals surface area contributed by atoms with Gasteiger partial charge in [0.05, 0.1) is 0 Å². The first-order valence-corrected chi connectivity index (χ1v) is 14.4. The molecule has 2 aliphatic rings. The van der Waals surface area contributed by atoms with Crippen molar-refractivity contribution in [1.29, 1.82) is 0 Å². The number of carboxylic acids is 1. The van der Waals surface area contributed by atoms with E-state index in [1.54, 1.807) is 14.0 Å². The summed E-state index contributed by atoms with van der Waals surface area (Å²) in [7, 11) is 1.65. The van der Waals surface area contributed by atoms with E-state index in [0.717, 1.165) is 4.90 Å². The van der Waals surface area contributed by atoms with Gasteiger partial charge in [0.1, 0.15) is 34.5 Å². The number of thioether (sulfide) groups is 2. The Labute approximate surface area is 274 Å². The number of aliphatic carboxylic acids is 1. The van der Waals surface area contributed by atoms with Crippen LogP contribution in [0.2, 0.25) is 0 Å². The third-order valence-electron chi connectivity index (χ3n) is 6.57. The molecule has 3 amide bonds. The maximum absolute atomic E-state index is 13.5. The molecule has 0 spiro atoms. The van der Waals surface area contributed by atoms with E-state index in [-0.39, 0.29) is 63.6 Å². The van der Waals surface area contributed by atoms with Crippen LogP contribution in [0.3, 0.4) is 0 Å². The number of nitrogens with one attached hydrogen (secondary N) is 3. The van der Waals surface area contributed by atoms with Gasteiger partial charge < -0.3 is 25.8 Å². The van der Waals surface area contributed by atoms with Crippen molar-refractivity contribution in [3.05, 3.63) is 74.8 Å². The summed E-state index contributed by atoms with van der Waals surface area (Å²) in [5.41, 5.74) is 0.417. The van der Waals surface area contributed by atoms with Gasteiger partial charge in [-0.1, -0.05) is 23.9 Å². The molecule has 0 unspecified atom stereocenters. The third kappa shape index (κ3) is 6.65. The van der Waals surface area contributed by atoms with Crippen molar-refractivity contribution in [3.8, 4) is 5.75 Å². The summed E-state index contributed by atoms with van der Waals surface area (Å²) in [4.78, 5) is 68.1. The Morgan fingerprint density at radius 1 is 1.23 bits per heavy atom. The number of nitrogens with zero attached hydrogens (tertiary/aromatic N) is 5. The van der Waals surface area contributed by atoms with E-state index >= 15 is 0 Å². The first-order valence-electron chi connectivity index (χ1n) is 12.4. The number of aryl methyl sites for hydroxylation is 2. The monoisotopic (exact) mass is 635 g/mol. The van der Waals surface area contributed by atoms with Crippen molar-refractivity contribution in [1.82, 2.24) is 40.7 Å². The summed E-state index contributed by atoms with van der Waals surface area (Å²) in [6.07, 6.45) is 1.24.